The third-order valence-electron chi connectivity index (χ3n) is 4.36. The van der Waals surface area contributed by atoms with Gasteiger partial charge in [-0.1, -0.05) is 0 Å². The summed E-state index contributed by atoms with van der Waals surface area (Å²) >= 11 is 0.899. The Morgan fingerprint density at radius 1 is 0.944 bits per heavy atom. The number of nitrogens with zero attached hydrogens (tertiary/aromatic N) is 2. The zero-order valence-electron chi connectivity index (χ0n) is 19.8. The van der Waals surface area contributed by atoms with E-state index in [1.54, 1.807) is 0 Å². The number of carboxylic acid groups (broad SMARTS) is 2. The molecule has 2 heterocycles. The van der Waals surface area contributed by atoms with Crippen molar-refractivity contribution in [2.24, 2.45) is 11.5 Å². The number of carbonyl (C=O) groups excluding carboxylic acids is 3. The van der Waals surface area contributed by atoms with Crippen LogP contribution < -0.4 is 22.1 Å². The monoisotopic (exact) mass is 526 g/mol. The topological polar surface area (TPSA) is 259 Å². The lowest BCUT2D eigenvalue weighted by Crippen LogP contribution is -2.48. The largest absolute Gasteiger partial charge is 0.480 e. The maximum absolute atomic E-state index is 11.5. The van der Waals surface area contributed by atoms with E-state index in [1.807, 2.05) is 0 Å². The molecule has 0 unspecified atom stereocenters. The summed E-state index contributed by atoms with van der Waals surface area (Å²) in [7, 11) is 0. The first kappa shape index (κ1) is 30.3. The average Bonchev–Trinajstić information content (AvgIpc) is 3.44. The molecule has 0 aromatic carbocycles. The van der Waals surface area contributed by atoms with Crippen molar-refractivity contribution < 1.29 is 34.2 Å². The normalized spacial score (nSPS) is 13.8. The molecule has 198 valence electrons. The molecular weight excluding hydrogens is 496 g/mol. The molecule has 0 saturated heterocycles. The summed E-state index contributed by atoms with van der Waals surface area (Å²) in [5.74, 6) is -3.35. The number of amides is 2. The molecule has 15 nitrogen and oxygen atoms in total. The number of nitrogens with two attached hydrogens (primary N) is 2. The summed E-state index contributed by atoms with van der Waals surface area (Å²) in [4.78, 5) is 69.1. The number of aliphatic carboxylic acids is 2. The van der Waals surface area contributed by atoms with E-state index in [-0.39, 0.29) is 18.0 Å². The van der Waals surface area contributed by atoms with Crippen LogP contribution in [0.2, 0.25) is 0 Å². The van der Waals surface area contributed by atoms with Crippen molar-refractivity contribution in [1.82, 2.24) is 30.6 Å². The molecular formula is C20H30N8O7S. The third kappa shape index (κ3) is 10.7. The van der Waals surface area contributed by atoms with Gasteiger partial charge in [0.2, 0.25) is 11.8 Å². The standard InChI is InChI=1S/C11H16N4O4S.C9H14N4O3/c1-5(12)9(17)15-8(11(18)19)3-7-10(14-4-13-7)20-6(2)16;1-5(10)8(14)13-7(9(15)16)2-6-3-11-4-12-6/h4-5,8H,3,12H2,1-2H3,(H,13,14)(H,15,17)(H,18,19);3-5,7H,2,10H2,1H3,(H,11,12)(H,13,14)(H,15,16)/t5-,8-;5-,7-/m00/s1. The smallest absolute Gasteiger partial charge is 0.326 e. The van der Waals surface area contributed by atoms with Crippen molar-refractivity contribution in [2.45, 2.75) is 62.8 Å². The van der Waals surface area contributed by atoms with Gasteiger partial charge in [0.15, 0.2) is 5.12 Å². The highest BCUT2D eigenvalue weighted by molar-refractivity contribution is 8.13. The summed E-state index contributed by atoms with van der Waals surface area (Å²) in [6.07, 6.45) is 4.46. The predicted molar refractivity (Wildman–Crippen MR) is 128 cm³/mol. The SMILES string of the molecule is CC(=O)Sc1nc[nH]c1C[C@H](NC(=O)[C@H](C)N)C(=O)O.C[C@H](N)C(=O)N[C@@H](Cc1cnc[nH]1)C(=O)O. The van der Waals surface area contributed by atoms with E-state index in [2.05, 4.69) is 30.6 Å². The fourth-order valence-electron chi connectivity index (χ4n) is 2.51. The van der Waals surface area contributed by atoms with E-state index >= 15 is 0 Å². The molecule has 2 rings (SSSR count). The molecule has 0 bridgehead atoms. The van der Waals surface area contributed by atoms with E-state index in [0.29, 0.717) is 16.4 Å². The van der Waals surface area contributed by atoms with Gasteiger partial charge in [-0.3, -0.25) is 14.4 Å². The van der Waals surface area contributed by atoms with Gasteiger partial charge in [0.25, 0.3) is 0 Å². The van der Waals surface area contributed by atoms with Crippen molar-refractivity contribution in [3.63, 3.8) is 0 Å². The zero-order chi connectivity index (χ0) is 27.4. The van der Waals surface area contributed by atoms with Gasteiger partial charge in [-0.25, -0.2) is 19.6 Å². The quantitative estimate of drug-likeness (QED) is 0.154. The second-order valence-corrected chi connectivity index (χ2v) is 8.81. The van der Waals surface area contributed by atoms with Crippen LogP contribution in [0.1, 0.15) is 32.2 Å². The highest BCUT2D eigenvalue weighted by Gasteiger charge is 2.24. The molecule has 0 aliphatic carbocycles. The molecule has 0 aliphatic heterocycles. The average molecular weight is 527 g/mol. The van der Waals surface area contributed by atoms with Crippen LogP contribution >= 0.6 is 11.8 Å². The molecule has 0 aliphatic rings. The Kier molecular flexibility index (Phi) is 12.3. The molecule has 0 radical (unpaired) electrons. The van der Waals surface area contributed by atoms with E-state index in [1.165, 1.54) is 39.6 Å². The molecule has 36 heavy (non-hydrogen) atoms. The first-order chi connectivity index (χ1) is 16.8. The van der Waals surface area contributed by atoms with Gasteiger partial charge in [-0.05, 0) is 25.6 Å². The molecule has 2 aromatic heterocycles. The molecule has 0 fully saturated rings. The Labute approximate surface area is 210 Å². The highest BCUT2D eigenvalue weighted by atomic mass is 32.2. The third-order valence-corrected chi connectivity index (χ3v) is 5.20. The molecule has 16 heteroatoms. The summed E-state index contributed by atoms with van der Waals surface area (Å²) in [6.45, 7) is 4.33. The van der Waals surface area contributed by atoms with E-state index in [9.17, 15) is 24.0 Å². The molecule has 0 spiro atoms. The Hall–Kier alpha value is -3.76. The van der Waals surface area contributed by atoms with Gasteiger partial charge in [-0.15, -0.1) is 0 Å². The van der Waals surface area contributed by atoms with Crippen molar-refractivity contribution >= 4 is 40.6 Å². The van der Waals surface area contributed by atoms with Gasteiger partial charge in [0, 0.05) is 31.7 Å². The van der Waals surface area contributed by atoms with Crippen LogP contribution in [0.3, 0.4) is 0 Å². The summed E-state index contributed by atoms with van der Waals surface area (Å²) in [5, 5.41) is 22.9. The van der Waals surface area contributed by atoms with Gasteiger partial charge in [0.1, 0.15) is 17.1 Å². The van der Waals surface area contributed by atoms with Gasteiger partial charge in [-0.2, -0.15) is 0 Å². The van der Waals surface area contributed by atoms with Crippen molar-refractivity contribution in [3.8, 4) is 0 Å². The van der Waals surface area contributed by atoms with Crippen LogP contribution in [0, 0.1) is 0 Å². The molecule has 0 saturated carbocycles. The Bertz CT molecular complexity index is 1040. The van der Waals surface area contributed by atoms with Crippen molar-refractivity contribution in [1.29, 1.82) is 0 Å². The van der Waals surface area contributed by atoms with E-state index in [0.717, 1.165) is 11.8 Å². The Balaban J connectivity index is 0.000000369. The van der Waals surface area contributed by atoms with E-state index < -0.39 is 47.9 Å². The highest BCUT2D eigenvalue weighted by Crippen LogP contribution is 2.20. The maximum atomic E-state index is 11.5. The predicted octanol–water partition coefficient (Wildman–Crippen LogP) is -1.62. The fraction of sp³-hybridized carbons (Fsp3) is 0.450. The van der Waals surface area contributed by atoms with Crippen molar-refractivity contribution in [3.05, 3.63) is 30.2 Å². The summed E-state index contributed by atoms with van der Waals surface area (Å²) in [6, 6.07) is -3.67. The number of carbonyl (C=O) groups is 5. The lowest BCUT2D eigenvalue weighted by Gasteiger charge is -2.15. The number of hydrogen-bond donors (Lipinski definition) is 8. The number of aromatic amines is 2. The van der Waals surface area contributed by atoms with E-state index in [4.69, 9.17) is 21.7 Å². The minimum absolute atomic E-state index is 0.0105. The van der Waals surface area contributed by atoms with Gasteiger partial charge < -0.3 is 42.3 Å². The van der Waals surface area contributed by atoms with Crippen LogP contribution in [-0.2, 0) is 36.8 Å². The van der Waals surface area contributed by atoms with Gasteiger partial charge >= 0.3 is 11.9 Å². The minimum Gasteiger partial charge on any atom is -0.480 e. The molecule has 10 N–H and O–H groups in total. The lowest BCUT2D eigenvalue weighted by atomic mass is 10.1. The van der Waals surface area contributed by atoms with Crippen LogP contribution in [-0.4, -0.2) is 83.2 Å². The first-order valence-corrected chi connectivity index (χ1v) is 11.4. The number of thioether (sulfide) groups is 1. The number of H-pyrrole nitrogens is 2. The first-order valence-electron chi connectivity index (χ1n) is 10.6. The summed E-state index contributed by atoms with van der Waals surface area (Å²) in [5.41, 5.74) is 11.8. The lowest BCUT2D eigenvalue weighted by molar-refractivity contribution is -0.142. The van der Waals surface area contributed by atoms with Crippen LogP contribution in [0.15, 0.2) is 23.9 Å². The Morgan fingerprint density at radius 3 is 1.89 bits per heavy atom. The van der Waals surface area contributed by atoms with Crippen LogP contribution in [0.4, 0.5) is 0 Å². The minimum atomic E-state index is -1.19. The number of aromatic nitrogens is 4. The maximum Gasteiger partial charge on any atom is 0.326 e. The number of hydrogen-bond acceptors (Lipinski definition) is 10. The molecule has 2 aromatic rings. The fourth-order valence-corrected chi connectivity index (χ4v) is 3.15. The Morgan fingerprint density at radius 2 is 1.47 bits per heavy atom. The zero-order valence-corrected chi connectivity index (χ0v) is 20.7. The molecule has 2 amide bonds. The number of carboxylic acids is 2. The van der Waals surface area contributed by atoms with Crippen LogP contribution in [0.25, 0.3) is 0 Å². The number of rotatable bonds is 11. The second kappa shape index (κ2) is 14.6. The number of imidazole rings is 2. The molecule has 4 atom stereocenters. The number of nitrogens with one attached hydrogen (secondary N) is 4. The van der Waals surface area contributed by atoms with Gasteiger partial charge in [0.05, 0.1) is 30.4 Å². The summed E-state index contributed by atoms with van der Waals surface area (Å²) < 4.78 is 0. The van der Waals surface area contributed by atoms with Crippen molar-refractivity contribution in [2.75, 3.05) is 0 Å². The van der Waals surface area contributed by atoms with Crippen LogP contribution in [0.5, 0.6) is 0 Å². The second-order valence-electron chi connectivity index (χ2n) is 7.64.